The first kappa shape index (κ1) is 15.2. The van der Waals surface area contributed by atoms with Gasteiger partial charge in [-0.05, 0) is 32.4 Å². The molecule has 4 nitrogen and oxygen atoms in total. The third-order valence-corrected chi connectivity index (χ3v) is 2.75. The number of nitrogens with one attached hydrogen (secondary N) is 1. The second-order valence-electron chi connectivity index (χ2n) is 4.60. The van der Waals surface area contributed by atoms with Gasteiger partial charge in [-0.1, -0.05) is 25.5 Å². The highest BCUT2D eigenvalue weighted by Gasteiger charge is 2.10. The van der Waals surface area contributed by atoms with Crippen LogP contribution < -0.4 is 10.1 Å². The van der Waals surface area contributed by atoms with Crippen molar-refractivity contribution in [3.63, 3.8) is 0 Å². The average molecular weight is 263 g/mol. The summed E-state index contributed by atoms with van der Waals surface area (Å²) >= 11 is 0. The number of hydrogen-bond acceptors (Lipinski definition) is 3. The van der Waals surface area contributed by atoms with E-state index in [1.807, 2.05) is 6.92 Å². The van der Waals surface area contributed by atoms with Crippen LogP contribution in [-0.4, -0.2) is 24.3 Å². The minimum absolute atomic E-state index is 0.0711. The molecule has 1 aromatic rings. The number of ketones is 1. The van der Waals surface area contributed by atoms with Crippen LogP contribution in [0.1, 0.15) is 44.0 Å². The minimum Gasteiger partial charge on any atom is -0.483 e. The predicted octanol–water partition coefficient (Wildman–Crippen LogP) is 2.57. The van der Waals surface area contributed by atoms with Crippen molar-refractivity contribution in [3.05, 3.63) is 29.8 Å². The van der Waals surface area contributed by atoms with E-state index in [1.165, 1.54) is 6.92 Å². The summed E-state index contributed by atoms with van der Waals surface area (Å²) in [5, 5.41) is 2.85. The first-order valence-electron chi connectivity index (χ1n) is 6.56. The van der Waals surface area contributed by atoms with Crippen LogP contribution in [0.25, 0.3) is 0 Å². The minimum atomic E-state index is -0.167. The number of para-hydroxylation sites is 1. The van der Waals surface area contributed by atoms with Crippen LogP contribution >= 0.6 is 0 Å². The number of Topliss-reactive ketones (excluding diaryl/α,β-unsaturated/α-hetero) is 1. The maximum absolute atomic E-state index is 11.7. The van der Waals surface area contributed by atoms with Crippen LogP contribution in [0.15, 0.2) is 24.3 Å². The van der Waals surface area contributed by atoms with Crippen molar-refractivity contribution in [2.24, 2.45) is 0 Å². The Balaban J connectivity index is 2.53. The van der Waals surface area contributed by atoms with Crippen LogP contribution in [0, 0.1) is 0 Å². The van der Waals surface area contributed by atoms with E-state index in [4.69, 9.17) is 4.74 Å². The monoisotopic (exact) mass is 263 g/mol. The van der Waals surface area contributed by atoms with E-state index in [9.17, 15) is 9.59 Å². The summed E-state index contributed by atoms with van der Waals surface area (Å²) in [6.45, 7) is 5.44. The highest BCUT2D eigenvalue weighted by Crippen LogP contribution is 2.18. The van der Waals surface area contributed by atoms with Crippen LogP contribution in [0.5, 0.6) is 5.75 Å². The molecule has 0 heterocycles. The van der Waals surface area contributed by atoms with Gasteiger partial charge in [-0.2, -0.15) is 0 Å². The smallest absolute Gasteiger partial charge is 0.258 e. The lowest BCUT2D eigenvalue weighted by atomic mass is 10.1. The maximum atomic E-state index is 11.7. The first-order valence-corrected chi connectivity index (χ1v) is 6.56. The van der Waals surface area contributed by atoms with Crippen molar-refractivity contribution >= 4 is 11.7 Å². The molecule has 4 heteroatoms. The maximum Gasteiger partial charge on any atom is 0.258 e. The van der Waals surface area contributed by atoms with E-state index >= 15 is 0 Å². The molecule has 0 saturated heterocycles. The lowest BCUT2D eigenvalue weighted by Crippen LogP contribution is -2.36. The Morgan fingerprint density at radius 3 is 2.63 bits per heavy atom. The number of benzene rings is 1. The van der Waals surface area contributed by atoms with Gasteiger partial charge in [0.15, 0.2) is 12.4 Å². The Morgan fingerprint density at radius 1 is 1.32 bits per heavy atom. The molecule has 1 amide bonds. The fourth-order valence-corrected chi connectivity index (χ4v) is 1.85. The summed E-state index contributed by atoms with van der Waals surface area (Å²) in [5.41, 5.74) is 0.497. The van der Waals surface area contributed by atoms with E-state index < -0.39 is 0 Å². The molecule has 0 aromatic heterocycles. The zero-order valence-corrected chi connectivity index (χ0v) is 11.7. The van der Waals surface area contributed by atoms with Crippen LogP contribution in [0.3, 0.4) is 0 Å². The van der Waals surface area contributed by atoms with E-state index in [1.54, 1.807) is 24.3 Å². The molecule has 1 rings (SSSR count). The standard InChI is InChI=1S/C15H21NO3/c1-4-7-11(2)16-15(18)10-19-14-9-6-5-8-13(14)12(3)17/h5-6,8-9,11H,4,7,10H2,1-3H3,(H,16,18). The molecule has 0 aliphatic rings. The Labute approximate surface area is 114 Å². The van der Waals surface area contributed by atoms with Gasteiger partial charge in [0.25, 0.3) is 5.91 Å². The number of ether oxygens (including phenoxy) is 1. The Kier molecular flexibility index (Phi) is 6.06. The third kappa shape index (κ3) is 5.12. The van der Waals surface area contributed by atoms with E-state index in [0.29, 0.717) is 11.3 Å². The van der Waals surface area contributed by atoms with Gasteiger partial charge in [-0.25, -0.2) is 0 Å². The number of rotatable bonds is 7. The molecule has 0 fully saturated rings. The van der Waals surface area contributed by atoms with Crippen molar-refractivity contribution in [3.8, 4) is 5.75 Å². The molecular weight excluding hydrogens is 242 g/mol. The highest BCUT2D eigenvalue weighted by molar-refractivity contribution is 5.96. The van der Waals surface area contributed by atoms with Crippen LogP contribution in [0.2, 0.25) is 0 Å². The van der Waals surface area contributed by atoms with Crippen LogP contribution in [0.4, 0.5) is 0 Å². The van der Waals surface area contributed by atoms with Crippen molar-refractivity contribution in [2.45, 2.75) is 39.7 Å². The Morgan fingerprint density at radius 2 is 2.00 bits per heavy atom. The van der Waals surface area contributed by atoms with Gasteiger partial charge < -0.3 is 10.1 Å². The second-order valence-corrected chi connectivity index (χ2v) is 4.60. The molecule has 1 atom stereocenters. The third-order valence-electron chi connectivity index (χ3n) is 2.75. The zero-order valence-electron chi connectivity index (χ0n) is 11.7. The fraction of sp³-hybridized carbons (Fsp3) is 0.467. The number of carbonyl (C=O) groups excluding carboxylic acids is 2. The normalized spacial score (nSPS) is 11.7. The molecule has 0 radical (unpaired) electrons. The summed E-state index contributed by atoms with van der Waals surface area (Å²) in [7, 11) is 0. The van der Waals surface area contributed by atoms with Crippen molar-refractivity contribution in [1.29, 1.82) is 0 Å². The SMILES string of the molecule is CCCC(C)NC(=O)COc1ccccc1C(C)=O. The molecule has 104 valence electrons. The number of hydrogen-bond donors (Lipinski definition) is 1. The summed E-state index contributed by atoms with van der Waals surface area (Å²) < 4.78 is 5.41. The molecule has 19 heavy (non-hydrogen) atoms. The number of amides is 1. The summed E-state index contributed by atoms with van der Waals surface area (Å²) in [4.78, 5) is 23.1. The molecule has 0 aliphatic carbocycles. The molecule has 1 N–H and O–H groups in total. The largest absolute Gasteiger partial charge is 0.483 e. The Hall–Kier alpha value is -1.84. The lowest BCUT2D eigenvalue weighted by Gasteiger charge is -2.14. The molecule has 1 unspecified atom stereocenters. The summed E-state index contributed by atoms with van der Waals surface area (Å²) in [6, 6.07) is 7.07. The zero-order chi connectivity index (χ0) is 14.3. The van der Waals surface area contributed by atoms with Crippen molar-refractivity contribution in [1.82, 2.24) is 5.32 Å². The summed E-state index contributed by atoms with van der Waals surface area (Å²) in [5.74, 6) is 0.211. The van der Waals surface area contributed by atoms with Gasteiger partial charge in [0.2, 0.25) is 0 Å². The van der Waals surface area contributed by atoms with Gasteiger partial charge in [-0.15, -0.1) is 0 Å². The van der Waals surface area contributed by atoms with E-state index in [2.05, 4.69) is 12.2 Å². The van der Waals surface area contributed by atoms with Crippen molar-refractivity contribution < 1.29 is 14.3 Å². The molecule has 0 aliphatic heterocycles. The topological polar surface area (TPSA) is 55.4 Å². The quantitative estimate of drug-likeness (QED) is 0.769. The number of carbonyl (C=O) groups is 2. The van der Waals surface area contributed by atoms with Crippen LogP contribution in [-0.2, 0) is 4.79 Å². The predicted molar refractivity (Wildman–Crippen MR) is 74.5 cm³/mol. The fourth-order valence-electron chi connectivity index (χ4n) is 1.85. The van der Waals surface area contributed by atoms with Gasteiger partial charge in [0.05, 0.1) is 5.56 Å². The van der Waals surface area contributed by atoms with E-state index in [-0.39, 0.29) is 24.3 Å². The molecular formula is C15H21NO3. The Bertz CT molecular complexity index is 443. The molecule has 0 saturated carbocycles. The van der Waals surface area contributed by atoms with Crippen molar-refractivity contribution in [2.75, 3.05) is 6.61 Å². The lowest BCUT2D eigenvalue weighted by molar-refractivity contribution is -0.123. The first-order chi connectivity index (χ1) is 9.04. The molecule has 0 spiro atoms. The summed E-state index contributed by atoms with van der Waals surface area (Å²) in [6.07, 6.45) is 1.96. The second kappa shape index (κ2) is 7.56. The van der Waals surface area contributed by atoms with Gasteiger partial charge in [0, 0.05) is 6.04 Å². The van der Waals surface area contributed by atoms with Gasteiger partial charge in [0.1, 0.15) is 5.75 Å². The average Bonchev–Trinajstić information content (AvgIpc) is 2.36. The molecule has 0 bridgehead atoms. The highest BCUT2D eigenvalue weighted by atomic mass is 16.5. The van der Waals surface area contributed by atoms with Gasteiger partial charge in [-0.3, -0.25) is 9.59 Å². The van der Waals surface area contributed by atoms with Gasteiger partial charge >= 0.3 is 0 Å². The van der Waals surface area contributed by atoms with E-state index in [0.717, 1.165) is 12.8 Å². The molecule has 1 aromatic carbocycles.